The van der Waals surface area contributed by atoms with Crippen molar-refractivity contribution in [3.63, 3.8) is 0 Å². The van der Waals surface area contributed by atoms with Gasteiger partial charge in [-0.25, -0.2) is 0 Å². The number of ether oxygens (including phenoxy) is 2. The van der Waals surface area contributed by atoms with Crippen LogP contribution in [0.2, 0.25) is 0 Å². The average Bonchev–Trinajstić information content (AvgIpc) is 3.20. The molecule has 0 radical (unpaired) electrons. The largest absolute Gasteiger partial charge is 0.493 e. The molecule has 2 heterocycles. The molecule has 0 saturated carbocycles. The fourth-order valence-electron chi connectivity index (χ4n) is 5.83. The van der Waals surface area contributed by atoms with Crippen LogP contribution < -0.4 is 14.4 Å². The molecule has 5 rings (SSSR count). The Hall–Kier alpha value is -3.11. The molecule has 2 aliphatic carbocycles. The van der Waals surface area contributed by atoms with Crippen LogP contribution in [0.1, 0.15) is 73.4 Å². The fraction of sp³-hybridized carbons (Fsp3) is 0.464. The van der Waals surface area contributed by atoms with Crippen LogP contribution in [0.3, 0.4) is 0 Å². The molecular formula is C28H30N2O4S. The Morgan fingerprint density at radius 3 is 2.54 bits per heavy atom. The normalized spacial score (nSPS) is 21.3. The number of aryl methyl sites for hydroxylation is 1. The SMILES string of the molecule is COc1ccc([C@@H]2CC(=O)N(c3sc4c(c3C#N)CCCC4)C3=C2C(=O)CC(C)(C)C3)cc1OC. The molecule has 0 spiro atoms. The van der Waals surface area contributed by atoms with Gasteiger partial charge in [-0.3, -0.25) is 14.5 Å². The Kier molecular flexibility index (Phi) is 5.96. The molecule has 0 N–H and O–H groups in total. The summed E-state index contributed by atoms with van der Waals surface area (Å²) in [7, 11) is 3.16. The summed E-state index contributed by atoms with van der Waals surface area (Å²) in [5.41, 5.74) is 3.77. The van der Waals surface area contributed by atoms with Crippen LogP contribution in [0.15, 0.2) is 29.5 Å². The van der Waals surface area contributed by atoms with Gasteiger partial charge in [-0.2, -0.15) is 5.26 Å². The van der Waals surface area contributed by atoms with Gasteiger partial charge < -0.3 is 9.47 Å². The Morgan fingerprint density at radius 2 is 1.83 bits per heavy atom. The number of rotatable bonds is 4. The molecule has 182 valence electrons. The van der Waals surface area contributed by atoms with E-state index in [9.17, 15) is 14.9 Å². The summed E-state index contributed by atoms with van der Waals surface area (Å²) < 4.78 is 10.9. The minimum atomic E-state index is -0.350. The minimum Gasteiger partial charge on any atom is -0.493 e. The number of allylic oxidation sites excluding steroid dienone is 2. The molecule has 6 nitrogen and oxygen atoms in total. The second kappa shape index (κ2) is 8.83. The van der Waals surface area contributed by atoms with Crippen LogP contribution in [-0.2, 0) is 22.4 Å². The maximum Gasteiger partial charge on any atom is 0.232 e. The van der Waals surface area contributed by atoms with E-state index in [4.69, 9.17) is 9.47 Å². The number of hydrogen-bond donors (Lipinski definition) is 0. The van der Waals surface area contributed by atoms with Gasteiger partial charge >= 0.3 is 0 Å². The lowest BCUT2D eigenvalue weighted by molar-refractivity contribution is -0.120. The quantitative estimate of drug-likeness (QED) is 0.551. The van der Waals surface area contributed by atoms with Crippen molar-refractivity contribution in [1.82, 2.24) is 0 Å². The molecule has 0 bridgehead atoms. The van der Waals surface area contributed by atoms with Crippen molar-refractivity contribution in [2.75, 3.05) is 19.1 Å². The Balaban J connectivity index is 1.69. The standard InChI is InChI=1S/C28H30N2O4S/c1-28(2)13-20-26(21(31)14-28)18(16-9-10-22(33-3)23(11-16)34-4)12-25(32)30(20)27-19(15-29)17-7-5-6-8-24(17)35-27/h9-11,18H,5-8,12-14H2,1-4H3/t18-/m0/s1. The molecule has 0 unspecified atom stereocenters. The zero-order chi connectivity index (χ0) is 24.9. The first-order valence-electron chi connectivity index (χ1n) is 12.1. The van der Waals surface area contributed by atoms with E-state index in [2.05, 4.69) is 19.9 Å². The highest BCUT2D eigenvalue weighted by Crippen LogP contribution is 2.51. The van der Waals surface area contributed by atoms with Crippen molar-refractivity contribution in [3.05, 3.63) is 51.0 Å². The molecule has 1 aromatic heterocycles. The summed E-state index contributed by atoms with van der Waals surface area (Å²) in [5, 5.41) is 10.8. The number of hydrogen-bond acceptors (Lipinski definition) is 6. The predicted octanol–water partition coefficient (Wildman–Crippen LogP) is 5.68. The number of nitrogens with zero attached hydrogens (tertiary/aromatic N) is 2. The third-order valence-electron chi connectivity index (χ3n) is 7.42. The molecule has 7 heteroatoms. The Labute approximate surface area is 210 Å². The maximum atomic E-state index is 13.8. The van der Waals surface area contributed by atoms with E-state index in [0.717, 1.165) is 42.5 Å². The fourth-order valence-corrected chi connectivity index (χ4v) is 7.21. The van der Waals surface area contributed by atoms with Gasteiger partial charge in [0.15, 0.2) is 17.3 Å². The average molecular weight is 491 g/mol. The second-order valence-corrected chi connectivity index (χ2v) is 11.5. The van der Waals surface area contributed by atoms with Crippen molar-refractivity contribution >= 4 is 28.0 Å². The molecule has 2 aromatic rings. The van der Waals surface area contributed by atoms with Crippen molar-refractivity contribution < 1.29 is 19.1 Å². The molecule has 0 fully saturated rings. The number of anilines is 1. The van der Waals surface area contributed by atoms with E-state index in [-0.39, 0.29) is 29.4 Å². The lowest BCUT2D eigenvalue weighted by Crippen LogP contribution is -2.43. The van der Waals surface area contributed by atoms with Gasteiger partial charge in [-0.15, -0.1) is 11.3 Å². The summed E-state index contributed by atoms with van der Waals surface area (Å²) in [6.07, 6.45) is 5.20. The highest BCUT2D eigenvalue weighted by atomic mass is 32.1. The first kappa shape index (κ1) is 23.6. The number of benzene rings is 1. The Bertz CT molecular complexity index is 1300. The van der Waals surface area contributed by atoms with Crippen molar-refractivity contribution in [3.8, 4) is 17.6 Å². The first-order chi connectivity index (χ1) is 16.8. The van der Waals surface area contributed by atoms with Gasteiger partial charge in [-0.05, 0) is 60.8 Å². The summed E-state index contributed by atoms with van der Waals surface area (Å²) in [6.45, 7) is 4.14. The monoisotopic (exact) mass is 490 g/mol. The molecule has 3 aliphatic rings. The number of carbonyl (C=O) groups excluding carboxylic acids is 2. The lowest BCUT2D eigenvalue weighted by atomic mass is 9.69. The van der Waals surface area contributed by atoms with Gasteiger partial charge in [0.2, 0.25) is 5.91 Å². The first-order valence-corrected chi connectivity index (χ1v) is 13.0. The van der Waals surface area contributed by atoms with Crippen molar-refractivity contribution in [1.29, 1.82) is 5.26 Å². The zero-order valence-corrected chi connectivity index (χ0v) is 21.5. The van der Waals surface area contributed by atoms with Crippen LogP contribution in [-0.4, -0.2) is 25.9 Å². The molecule has 1 atom stereocenters. The lowest BCUT2D eigenvalue weighted by Gasteiger charge is -2.42. The van der Waals surface area contributed by atoms with E-state index in [1.165, 1.54) is 4.88 Å². The van der Waals surface area contributed by atoms with Gasteiger partial charge in [0.25, 0.3) is 0 Å². The van der Waals surface area contributed by atoms with Gasteiger partial charge in [-0.1, -0.05) is 19.9 Å². The number of ketones is 1. The summed E-state index contributed by atoms with van der Waals surface area (Å²) >= 11 is 1.56. The van der Waals surface area contributed by atoms with Crippen LogP contribution >= 0.6 is 11.3 Å². The third kappa shape index (κ3) is 3.94. The topological polar surface area (TPSA) is 79.6 Å². The molecule has 1 aliphatic heterocycles. The smallest absolute Gasteiger partial charge is 0.232 e. The molecular weight excluding hydrogens is 460 g/mol. The Morgan fingerprint density at radius 1 is 1.09 bits per heavy atom. The molecule has 35 heavy (non-hydrogen) atoms. The summed E-state index contributed by atoms with van der Waals surface area (Å²) in [5.74, 6) is 0.839. The molecule has 1 amide bonds. The highest BCUT2D eigenvalue weighted by Gasteiger charge is 2.45. The maximum absolute atomic E-state index is 13.8. The van der Waals surface area contributed by atoms with E-state index in [1.54, 1.807) is 30.5 Å². The zero-order valence-electron chi connectivity index (χ0n) is 20.7. The minimum absolute atomic E-state index is 0.0656. The second-order valence-electron chi connectivity index (χ2n) is 10.4. The number of methoxy groups -OCH3 is 2. The highest BCUT2D eigenvalue weighted by molar-refractivity contribution is 7.16. The third-order valence-corrected chi connectivity index (χ3v) is 8.70. The number of Topliss-reactive ketones (excluding diaryl/α,β-unsaturated/α-hetero) is 1. The van der Waals surface area contributed by atoms with E-state index in [1.807, 2.05) is 18.2 Å². The summed E-state index contributed by atoms with van der Waals surface area (Å²) in [6, 6.07) is 8.00. The number of thiophene rings is 1. The molecule has 0 saturated heterocycles. The van der Waals surface area contributed by atoms with Crippen molar-refractivity contribution in [2.24, 2.45) is 5.41 Å². The van der Waals surface area contributed by atoms with Gasteiger partial charge in [0.05, 0.1) is 19.8 Å². The predicted molar refractivity (Wildman–Crippen MR) is 135 cm³/mol. The van der Waals surface area contributed by atoms with Crippen molar-refractivity contribution in [2.45, 2.75) is 64.7 Å². The van der Waals surface area contributed by atoms with E-state index >= 15 is 0 Å². The van der Waals surface area contributed by atoms with Crippen LogP contribution in [0.4, 0.5) is 5.00 Å². The summed E-state index contributed by atoms with van der Waals surface area (Å²) in [4.78, 5) is 30.4. The van der Waals surface area contributed by atoms with Crippen LogP contribution in [0.25, 0.3) is 0 Å². The number of nitriles is 1. The van der Waals surface area contributed by atoms with E-state index < -0.39 is 0 Å². The number of amides is 1. The van der Waals surface area contributed by atoms with Gasteiger partial charge in [0.1, 0.15) is 11.1 Å². The number of fused-ring (bicyclic) bond motifs is 1. The molecule has 1 aromatic carbocycles. The number of carbonyl (C=O) groups is 2. The van der Waals surface area contributed by atoms with Crippen LogP contribution in [0.5, 0.6) is 11.5 Å². The van der Waals surface area contributed by atoms with Crippen LogP contribution in [0, 0.1) is 16.7 Å². The van der Waals surface area contributed by atoms with Gasteiger partial charge in [0, 0.05) is 34.9 Å². The van der Waals surface area contributed by atoms with E-state index in [0.29, 0.717) is 40.5 Å².